The largest absolute Gasteiger partial charge is 0.478 e. The molecule has 0 fully saturated rings. The first-order chi connectivity index (χ1) is 19.2. The van der Waals surface area contributed by atoms with Crippen molar-refractivity contribution in [2.24, 2.45) is 0 Å². The molecule has 2 aromatic heterocycles. The molecule has 212 valence electrons. The highest BCUT2D eigenvalue weighted by Gasteiger charge is 2.21. The average Bonchev–Trinajstić information content (AvgIpc) is 2.95. The van der Waals surface area contributed by atoms with Crippen molar-refractivity contribution >= 4 is 23.0 Å². The zero-order valence-corrected chi connectivity index (χ0v) is 23.5. The van der Waals surface area contributed by atoms with Crippen LogP contribution in [-0.2, 0) is 0 Å². The molecule has 0 aliphatic rings. The van der Waals surface area contributed by atoms with Crippen molar-refractivity contribution in [3.05, 3.63) is 81.6 Å². The second-order valence-electron chi connectivity index (χ2n) is 8.85. The molecule has 40 heavy (non-hydrogen) atoms. The summed E-state index contributed by atoms with van der Waals surface area (Å²) in [4.78, 5) is 36.1. The molecule has 2 aromatic carbocycles. The minimum Gasteiger partial charge on any atom is -0.478 e. The molecule has 0 saturated heterocycles. The smallest absolute Gasteiger partial charge is 0.335 e. The van der Waals surface area contributed by atoms with Gasteiger partial charge < -0.3 is 15.3 Å². The van der Waals surface area contributed by atoms with E-state index in [1.165, 1.54) is 30.3 Å². The lowest BCUT2D eigenvalue weighted by molar-refractivity contribution is 0.0697. The summed E-state index contributed by atoms with van der Waals surface area (Å²) < 4.78 is 30.6. The SMILES string of the molecule is CC.CCN(CC)CCCNc1nc(-c2cc(C(=O)O)ccc2C)c2ccc(=O)n(-c3c(F)cccc3F)c2n1. The van der Waals surface area contributed by atoms with E-state index in [2.05, 4.69) is 34.0 Å². The number of benzene rings is 2. The lowest BCUT2D eigenvalue weighted by Crippen LogP contribution is -2.25. The maximum Gasteiger partial charge on any atom is 0.335 e. The summed E-state index contributed by atoms with van der Waals surface area (Å²) in [7, 11) is 0. The number of para-hydroxylation sites is 1. The van der Waals surface area contributed by atoms with E-state index in [0.29, 0.717) is 23.2 Å². The summed E-state index contributed by atoms with van der Waals surface area (Å²) >= 11 is 0. The Morgan fingerprint density at radius 3 is 2.33 bits per heavy atom. The summed E-state index contributed by atoms with van der Waals surface area (Å²) in [5.74, 6) is -2.79. The molecule has 0 amide bonds. The zero-order valence-electron chi connectivity index (χ0n) is 23.5. The second-order valence-corrected chi connectivity index (χ2v) is 8.85. The molecule has 0 radical (unpaired) electrons. The van der Waals surface area contributed by atoms with Gasteiger partial charge in [-0.1, -0.05) is 39.8 Å². The average molecular weight is 552 g/mol. The normalized spacial score (nSPS) is 10.9. The highest BCUT2D eigenvalue weighted by molar-refractivity contribution is 5.95. The van der Waals surface area contributed by atoms with Gasteiger partial charge in [-0.25, -0.2) is 18.6 Å². The van der Waals surface area contributed by atoms with Crippen LogP contribution in [0.2, 0.25) is 0 Å². The number of rotatable bonds is 10. The number of nitrogens with one attached hydrogen (secondary N) is 1. The Kier molecular flexibility index (Phi) is 10.4. The van der Waals surface area contributed by atoms with Crippen LogP contribution in [0.1, 0.15) is 50.0 Å². The lowest BCUT2D eigenvalue weighted by atomic mass is 10.00. The van der Waals surface area contributed by atoms with Gasteiger partial charge in [-0.2, -0.15) is 4.98 Å². The number of aromatic nitrogens is 3. The molecule has 0 spiro atoms. The Morgan fingerprint density at radius 2 is 1.70 bits per heavy atom. The van der Waals surface area contributed by atoms with Crippen LogP contribution in [0, 0.1) is 18.6 Å². The van der Waals surface area contributed by atoms with E-state index in [0.717, 1.165) is 48.3 Å². The Morgan fingerprint density at radius 1 is 1.02 bits per heavy atom. The number of halogens is 2. The fourth-order valence-electron chi connectivity index (χ4n) is 4.37. The van der Waals surface area contributed by atoms with Gasteiger partial charge in [0.15, 0.2) is 5.65 Å². The van der Waals surface area contributed by atoms with Gasteiger partial charge in [0.25, 0.3) is 5.56 Å². The molecule has 0 unspecified atom stereocenters. The summed E-state index contributed by atoms with van der Waals surface area (Å²) in [6.07, 6.45) is 0.787. The van der Waals surface area contributed by atoms with Crippen LogP contribution in [-0.4, -0.2) is 56.7 Å². The fraction of sp³-hybridized carbons (Fsp3) is 0.333. The number of carbonyl (C=O) groups is 1. The van der Waals surface area contributed by atoms with E-state index in [1.807, 2.05) is 13.8 Å². The molecule has 0 saturated carbocycles. The Bertz CT molecular complexity index is 1530. The third-order valence-corrected chi connectivity index (χ3v) is 6.48. The number of aryl methyl sites for hydroxylation is 1. The molecule has 2 N–H and O–H groups in total. The lowest BCUT2D eigenvalue weighted by Gasteiger charge is -2.18. The molecule has 10 heteroatoms. The molecule has 0 atom stereocenters. The van der Waals surface area contributed by atoms with E-state index in [9.17, 15) is 23.5 Å². The first-order valence-corrected chi connectivity index (χ1v) is 13.4. The van der Waals surface area contributed by atoms with Crippen LogP contribution >= 0.6 is 0 Å². The molecule has 4 aromatic rings. The molecule has 4 rings (SSSR count). The van der Waals surface area contributed by atoms with Gasteiger partial charge in [-0.15, -0.1) is 0 Å². The van der Waals surface area contributed by atoms with Crippen LogP contribution in [0.15, 0.2) is 53.3 Å². The number of hydrogen-bond acceptors (Lipinski definition) is 6. The maximum atomic E-state index is 14.8. The number of anilines is 1. The van der Waals surface area contributed by atoms with Gasteiger partial charge in [-0.05, 0) is 68.9 Å². The van der Waals surface area contributed by atoms with Crippen molar-refractivity contribution in [2.45, 2.75) is 41.0 Å². The Labute approximate surface area is 232 Å². The summed E-state index contributed by atoms with van der Waals surface area (Å²) in [5, 5.41) is 13.1. The summed E-state index contributed by atoms with van der Waals surface area (Å²) in [6, 6.07) is 10.7. The summed E-state index contributed by atoms with van der Waals surface area (Å²) in [6.45, 7) is 13.2. The van der Waals surface area contributed by atoms with E-state index in [4.69, 9.17) is 0 Å². The third kappa shape index (κ3) is 6.51. The topological polar surface area (TPSA) is 100 Å². The van der Waals surface area contributed by atoms with Crippen LogP contribution in [0.3, 0.4) is 0 Å². The first kappa shape index (κ1) is 30.4. The van der Waals surface area contributed by atoms with Crippen molar-refractivity contribution < 1.29 is 18.7 Å². The quantitative estimate of drug-likeness (QED) is 0.237. The van der Waals surface area contributed by atoms with Crippen LogP contribution < -0.4 is 10.9 Å². The van der Waals surface area contributed by atoms with Gasteiger partial charge in [-0.3, -0.25) is 9.36 Å². The summed E-state index contributed by atoms with van der Waals surface area (Å²) in [5.41, 5.74) is 0.413. The van der Waals surface area contributed by atoms with Crippen molar-refractivity contribution in [2.75, 3.05) is 31.5 Å². The van der Waals surface area contributed by atoms with E-state index in [-0.39, 0.29) is 17.2 Å². The molecule has 2 heterocycles. The minimum atomic E-state index is -1.11. The van der Waals surface area contributed by atoms with Gasteiger partial charge >= 0.3 is 5.97 Å². The Hall–Kier alpha value is -4.18. The van der Waals surface area contributed by atoms with Crippen molar-refractivity contribution in [3.8, 4) is 16.9 Å². The minimum absolute atomic E-state index is 0.00197. The predicted octanol–water partition coefficient (Wildman–Crippen LogP) is 5.90. The van der Waals surface area contributed by atoms with E-state index in [1.54, 1.807) is 13.0 Å². The van der Waals surface area contributed by atoms with Gasteiger partial charge in [0, 0.05) is 23.6 Å². The third-order valence-electron chi connectivity index (χ3n) is 6.48. The van der Waals surface area contributed by atoms with Crippen molar-refractivity contribution in [1.29, 1.82) is 0 Å². The number of carboxylic acids is 1. The zero-order chi connectivity index (χ0) is 29.4. The highest BCUT2D eigenvalue weighted by atomic mass is 19.1. The van der Waals surface area contributed by atoms with E-state index < -0.39 is 28.9 Å². The number of pyridine rings is 1. The molecular weight excluding hydrogens is 516 g/mol. The number of aromatic carboxylic acids is 1. The van der Waals surface area contributed by atoms with Crippen LogP contribution in [0.5, 0.6) is 0 Å². The number of hydrogen-bond donors (Lipinski definition) is 2. The highest BCUT2D eigenvalue weighted by Crippen LogP contribution is 2.31. The number of nitrogens with zero attached hydrogens (tertiary/aromatic N) is 4. The second kappa shape index (κ2) is 13.7. The van der Waals surface area contributed by atoms with Crippen molar-refractivity contribution in [1.82, 2.24) is 19.4 Å². The standard InChI is InChI=1S/C28H29F2N5O3.C2H6/c1-4-34(5-2)15-7-14-31-28-32-24(20-16-18(27(37)38)11-10-17(20)3)19-12-13-23(36)35(26(19)33-28)25-21(29)8-6-9-22(25)30;1-2/h6,8-13,16H,4-5,7,14-15H2,1-3H3,(H,37,38)(H,31,32,33);1-2H3. The van der Waals surface area contributed by atoms with Crippen LogP contribution in [0.25, 0.3) is 28.0 Å². The number of fused-ring (bicyclic) bond motifs is 1. The number of carboxylic acid groups (broad SMARTS) is 1. The van der Waals surface area contributed by atoms with Crippen molar-refractivity contribution in [3.63, 3.8) is 0 Å². The maximum absolute atomic E-state index is 14.8. The molecule has 8 nitrogen and oxygen atoms in total. The van der Waals surface area contributed by atoms with Gasteiger partial charge in [0.1, 0.15) is 17.3 Å². The Balaban J connectivity index is 0.00000216. The fourth-order valence-corrected chi connectivity index (χ4v) is 4.37. The molecular formula is C30H35F2N5O3. The van der Waals surface area contributed by atoms with Gasteiger partial charge in [0.05, 0.1) is 11.3 Å². The monoisotopic (exact) mass is 551 g/mol. The first-order valence-electron chi connectivity index (χ1n) is 13.4. The molecule has 0 aliphatic heterocycles. The molecule has 0 bridgehead atoms. The van der Waals surface area contributed by atoms with Gasteiger partial charge in [0.2, 0.25) is 5.95 Å². The van der Waals surface area contributed by atoms with E-state index >= 15 is 0 Å². The van der Waals surface area contributed by atoms with Crippen LogP contribution in [0.4, 0.5) is 14.7 Å². The predicted molar refractivity (Wildman–Crippen MR) is 154 cm³/mol. The molecule has 0 aliphatic carbocycles.